The summed E-state index contributed by atoms with van der Waals surface area (Å²) in [5.41, 5.74) is 0.492. The topological polar surface area (TPSA) is 100 Å². The third-order valence-electron chi connectivity index (χ3n) is 7.19. The first-order valence-electron chi connectivity index (χ1n) is 12.6. The van der Waals surface area contributed by atoms with Gasteiger partial charge in [-0.15, -0.1) is 16.9 Å². The number of aliphatic hydroxyl groups is 1. The molecule has 35 heavy (non-hydrogen) atoms. The Hall–Kier alpha value is -2.39. The summed E-state index contributed by atoms with van der Waals surface area (Å²) in [5, 5.41) is 22.6. The van der Waals surface area contributed by atoms with Crippen LogP contribution < -0.4 is 5.32 Å². The van der Waals surface area contributed by atoms with Gasteiger partial charge in [0.1, 0.15) is 12.1 Å². The van der Waals surface area contributed by atoms with E-state index >= 15 is 0 Å². The van der Waals surface area contributed by atoms with Gasteiger partial charge in [-0.1, -0.05) is 44.2 Å². The maximum atomic E-state index is 13.8. The Bertz CT molecular complexity index is 1060. The number of rotatable bonds is 7. The highest BCUT2D eigenvalue weighted by molar-refractivity contribution is 8.00. The fourth-order valence-electron chi connectivity index (χ4n) is 5.09. The molecule has 2 aromatic rings. The van der Waals surface area contributed by atoms with Crippen molar-refractivity contribution in [1.29, 1.82) is 0 Å². The summed E-state index contributed by atoms with van der Waals surface area (Å²) in [6.07, 6.45) is 5.46. The lowest BCUT2D eigenvalue weighted by molar-refractivity contribution is -0.144. The van der Waals surface area contributed by atoms with Gasteiger partial charge in [0.25, 0.3) is 0 Å². The summed E-state index contributed by atoms with van der Waals surface area (Å²) in [6.45, 7) is 6.14. The van der Waals surface area contributed by atoms with Crippen molar-refractivity contribution < 1.29 is 14.7 Å². The van der Waals surface area contributed by atoms with Crippen molar-refractivity contribution in [2.75, 3.05) is 6.54 Å². The number of aliphatic hydroxyl groups excluding tert-OH is 1. The average molecular weight is 498 g/mol. The Kier molecular flexibility index (Phi) is 6.65. The van der Waals surface area contributed by atoms with Gasteiger partial charge >= 0.3 is 0 Å². The number of carbonyl (C=O) groups excluding carboxylic acids is 2. The van der Waals surface area contributed by atoms with Gasteiger partial charge in [0.15, 0.2) is 0 Å². The number of hydrogen-bond donors (Lipinski definition) is 2. The predicted molar refractivity (Wildman–Crippen MR) is 134 cm³/mol. The highest BCUT2D eigenvalue weighted by atomic mass is 32.2. The summed E-state index contributed by atoms with van der Waals surface area (Å²) in [6, 6.07) is 9.13. The number of likely N-dealkylation sites (tertiary alicyclic amines) is 1. The number of nitrogens with zero attached hydrogens (tertiary/aromatic N) is 4. The van der Waals surface area contributed by atoms with E-state index < -0.39 is 23.6 Å². The Morgan fingerprint density at radius 1 is 1.14 bits per heavy atom. The van der Waals surface area contributed by atoms with Crippen LogP contribution in [0.2, 0.25) is 0 Å². The zero-order valence-electron chi connectivity index (χ0n) is 20.6. The molecular weight excluding hydrogens is 462 g/mol. The second-order valence-electron chi connectivity index (χ2n) is 11.3. The highest BCUT2D eigenvalue weighted by Gasteiger charge is 2.46. The predicted octanol–water partition coefficient (Wildman–Crippen LogP) is 3.14. The number of thioether (sulfide) groups is 1. The molecule has 1 saturated heterocycles. The van der Waals surface area contributed by atoms with E-state index in [0.29, 0.717) is 11.2 Å². The van der Waals surface area contributed by atoms with Gasteiger partial charge in [0.05, 0.1) is 11.8 Å². The van der Waals surface area contributed by atoms with Crippen molar-refractivity contribution in [2.45, 2.75) is 93.2 Å². The minimum Gasteiger partial charge on any atom is -0.391 e. The molecule has 2 saturated carbocycles. The monoisotopic (exact) mass is 497 g/mol. The van der Waals surface area contributed by atoms with E-state index in [1.807, 2.05) is 56.9 Å². The van der Waals surface area contributed by atoms with E-state index in [1.165, 1.54) is 4.90 Å². The smallest absolute Gasteiger partial charge is 0.248 e. The molecule has 9 heteroatoms. The minimum atomic E-state index is -0.712. The zero-order chi connectivity index (χ0) is 24.7. The van der Waals surface area contributed by atoms with E-state index in [-0.39, 0.29) is 30.8 Å². The Morgan fingerprint density at radius 3 is 2.51 bits per heavy atom. The molecule has 2 heterocycles. The Labute approximate surface area is 210 Å². The van der Waals surface area contributed by atoms with Crippen LogP contribution in [0, 0.1) is 5.41 Å². The number of carbonyl (C=O) groups is 2. The molecular formula is C26H35N5O3S. The first-order chi connectivity index (χ1) is 16.7. The standard InChI is InChI=1S/C26H35N5O3S/c1-26(2,3)23(31-15-21(28-29-31)16-9-10-16)25(34)30-14-18(32)13-22(30)24(33)27-17-11-20(12-17)35-19-7-5-4-6-8-19/h4-8,15-18,20,22-23,32H,9-14H2,1-3H3,(H,27,33)/t17-,18-,20-,22+,23-/m1/s1. The van der Waals surface area contributed by atoms with E-state index in [9.17, 15) is 14.7 Å². The van der Waals surface area contributed by atoms with Crippen LogP contribution >= 0.6 is 11.8 Å². The van der Waals surface area contributed by atoms with Gasteiger partial charge < -0.3 is 15.3 Å². The highest BCUT2D eigenvalue weighted by Crippen LogP contribution is 2.41. The first-order valence-corrected chi connectivity index (χ1v) is 13.5. The van der Waals surface area contributed by atoms with Crippen molar-refractivity contribution in [3.05, 3.63) is 42.2 Å². The molecule has 188 valence electrons. The third kappa shape index (κ3) is 5.40. The fraction of sp³-hybridized carbons (Fsp3) is 0.615. The van der Waals surface area contributed by atoms with E-state index in [1.54, 1.807) is 9.58 Å². The van der Waals surface area contributed by atoms with Crippen molar-refractivity contribution in [3.8, 4) is 0 Å². The van der Waals surface area contributed by atoms with Crippen molar-refractivity contribution in [2.24, 2.45) is 5.41 Å². The van der Waals surface area contributed by atoms with Gasteiger partial charge in [-0.3, -0.25) is 9.59 Å². The number of amides is 2. The zero-order valence-corrected chi connectivity index (χ0v) is 21.4. The molecule has 8 nitrogen and oxygen atoms in total. The number of aromatic nitrogens is 3. The fourth-order valence-corrected chi connectivity index (χ4v) is 6.45. The van der Waals surface area contributed by atoms with E-state index in [4.69, 9.17) is 0 Å². The van der Waals surface area contributed by atoms with Gasteiger partial charge in [-0.2, -0.15) is 0 Å². The molecule has 0 unspecified atom stereocenters. The lowest BCUT2D eigenvalue weighted by Gasteiger charge is -2.38. The number of benzene rings is 1. The maximum Gasteiger partial charge on any atom is 0.248 e. The maximum absolute atomic E-state index is 13.8. The van der Waals surface area contributed by atoms with Crippen LogP contribution in [0.1, 0.15) is 70.5 Å². The summed E-state index contributed by atoms with van der Waals surface area (Å²) in [7, 11) is 0. The molecule has 1 aromatic carbocycles. The minimum absolute atomic E-state index is 0.105. The van der Waals surface area contributed by atoms with Gasteiger partial charge in [0, 0.05) is 41.3 Å². The summed E-state index contributed by atoms with van der Waals surface area (Å²) in [4.78, 5) is 29.8. The van der Waals surface area contributed by atoms with E-state index in [0.717, 1.165) is 31.4 Å². The molecule has 0 radical (unpaired) electrons. The van der Waals surface area contributed by atoms with Crippen LogP contribution in [0.15, 0.2) is 41.4 Å². The second kappa shape index (κ2) is 9.58. The van der Waals surface area contributed by atoms with E-state index in [2.05, 4.69) is 27.8 Å². The summed E-state index contributed by atoms with van der Waals surface area (Å²) in [5.74, 6) is 0.0820. The molecule has 3 fully saturated rings. The molecule has 2 N–H and O–H groups in total. The number of β-amino-alcohol motifs (C(OH)–C–C–N with tert-alkyl or cyclic N) is 1. The normalized spacial score (nSPS) is 27.4. The van der Waals surface area contributed by atoms with Crippen molar-refractivity contribution in [1.82, 2.24) is 25.2 Å². The van der Waals surface area contributed by atoms with Gasteiger partial charge in [0.2, 0.25) is 11.8 Å². The van der Waals surface area contributed by atoms with Gasteiger partial charge in [-0.25, -0.2) is 4.68 Å². The SMILES string of the molecule is CC(C)(C)[C@@H](C(=O)N1C[C@H](O)C[C@H]1C(=O)N[C@H]1C[C@H](Sc2ccccc2)C1)n1cc(C2CC2)nn1. The van der Waals surface area contributed by atoms with Crippen LogP contribution in [-0.4, -0.2) is 66.8 Å². The van der Waals surface area contributed by atoms with Crippen LogP contribution in [-0.2, 0) is 9.59 Å². The average Bonchev–Trinajstić information content (AvgIpc) is 3.39. The molecule has 3 atom stereocenters. The Balaban J connectivity index is 1.23. The van der Waals surface area contributed by atoms with Gasteiger partial charge in [-0.05, 0) is 43.2 Å². The summed E-state index contributed by atoms with van der Waals surface area (Å²) >= 11 is 1.84. The van der Waals surface area contributed by atoms with Crippen LogP contribution in [0.5, 0.6) is 0 Å². The number of hydrogen-bond acceptors (Lipinski definition) is 6. The molecule has 0 bridgehead atoms. The Morgan fingerprint density at radius 2 is 1.86 bits per heavy atom. The first kappa shape index (κ1) is 24.3. The number of nitrogens with one attached hydrogen (secondary N) is 1. The lowest BCUT2D eigenvalue weighted by atomic mass is 9.85. The summed E-state index contributed by atoms with van der Waals surface area (Å²) < 4.78 is 1.66. The molecule has 0 spiro atoms. The second-order valence-corrected chi connectivity index (χ2v) is 12.7. The lowest BCUT2D eigenvalue weighted by Crippen LogP contribution is -2.54. The molecule has 5 rings (SSSR count). The molecule has 2 amide bonds. The third-order valence-corrected chi connectivity index (χ3v) is 8.46. The molecule has 2 aliphatic carbocycles. The van der Waals surface area contributed by atoms with Crippen molar-refractivity contribution in [3.63, 3.8) is 0 Å². The van der Waals surface area contributed by atoms with Crippen molar-refractivity contribution >= 4 is 23.6 Å². The quantitative estimate of drug-likeness (QED) is 0.610. The molecule has 3 aliphatic rings. The van der Waals surface area contributed by atoms with Crippen LogP contribution in [0.4, 0.5) is 0 Å². The molecule has 1 aromatic heterocycles. The molecule has 1 aliphatic heterocycles. The van der Waals surface area contributed by atoms with Crippen LogP contribution in [0.25, 0.3) is 0 Å². The largest absolute Gasteiger partial charge is 0.391 e. The van der Waals surface area contributed by atoms with Crippen LogP contribution in [0.3, 0.4) is 0 Å².